The number of sulfonamides is 1. The maximum atomic E-state index is 13.4. The van der Waals surface area contributed by atoms with Gasteiger partial charge in [0.25, 0.3) is 0 Å². The number of nitrogens with one attached hydrogen (secondary N) is 1. The van der Waals surface area contributed by atoms with E-state index in [1.54, 1.807) is 12.0 Å². The Morgan fingerprint density at radius 2 is 1.65 bits per heavy atom. The van der Waals surface area contributed by atoms with Crippen molar-refractivity contribution in [3.8, 4) is 0 Å². The standard InChI is InChI=1S/C22H34FN5O5S/c1-33-15-3-6-24-21(29)17-25-7-9-26(10-8-25)18-22(30)27-11-13-28(14-12-27)34(31,32)20-5-2-4-19(23)16-20/h2,4-5,16H,3,6-15,17-18H2,1H3,(H,24,29). The van der Waals surface area contributed by atoms with Crippen LogP contribution in [-0.2, 0) is 24.3 Å². The third-order valence-electron chi connectivity index (χ3n) is 6.06. The zero-order chi connectivity index (χ0) is 24.6. The minimum atomic E-state index is -3.79. The normalized spacial score (nSPS) is 18.7. The van der Waals surface area contributed by atoms with E-state index >= 15 is 0 Å². The van der Waals surface area contributed by atoms with Crippen molar-refractivity contribution in [1.29, 1.82) is 0 Å². The van der Waals surface area contributed by atoms with Crippen LogP contribution in [0.4, 0.5) is 4.39 Å². The number of amides is 2. The van der Waals surface area contributed by atoms with Crippen molar-refractivity contribution in [2.45, 2.75) is 11.3 Å². The van der Waals surface area contributed by atoms with Crippen molar-refractivity contribution in [3.63, 3.8) is 0 Å². The molecule has 1 aromatic rings. The third-order valence-corrected chi connectivity index (χ3v) is 7.96. The van der Waals surface area contributed by atoms with Crippen LogP contribution in [0.25, 0.3) is 0 Å². The summed E-state index contributed by atoms with van der Waals surface area (Å²) < 4.78 is 45.2. The molecule has 190 valence electrons. The van der Waals surface area contributed by atoms with E-state index in [9.17, 15) is 22.4 Å². The SMILES string of the molecule is COCCCNC(=O)CN1CCN(CC(=O)N2CCN(S(=O)(=O)c3cccc(F)c3)CC2)CC1. The van der Waals surface area contributed by atoms with Crippen LogP contribution in [0.1, 0.15) is 6.42 Å². The predicted octanol–water partition coefficient (Wildman–Crippen LogP) is -0.571. The first-order valence-electron chi connectivity index (χ1n) is 11.5. The van der Waals surface area contributed by atoms with Crippen LogP contribution >= 0.6 is 0 Å². The smallest absolute Gasteiger partial charge is 0.243 e. The Labute approximate surface area is 200 Å². The highest BCUT2D eigenvalue weighted by atomic mass is 32.2. The second-order valence-electron chi connectivity index (χ2n) is 8.49. The first-order chi connectivity index (χ1) is 16.3. The quantitative estimate of drug-likeness (QED) is 0.430. The summed E-state index contributed by atoms with van der Waals surface area (Å²) in [6.45, 7) is 5.58. The van der Waals surface area contributed by atoms with Gasteiger partial charge in [0, 0.05) is 72.6 Å². The molecule has 0 atom stereocenters. The van der Waals surface area contributed by atoms with E-state index in [1.807, 2.05) is 0 Å². The van der Waals surface area contributed by atoms with Gasteiger partial charge in [-0.1, -0.05) is 6.07 Å². The average Bonchev–Trinajstić information content (AvgIpc) is 2.83. The summed E-state index contributed by atoms with van der Waals surface area (Å²) in [5.41, 5.74) is 0. The molecule has 0 radical (unpaired) electrons. The molecule has 3 rings (SSSR count). The summed E-state index contributed by atoms with van der Waals surface area (Å²) in [5, 5.41) is 2.88. The minimum Gasteiger partial charge on any atom is -0.385 e. The van der Waals surface area contributed by atoms with Crippen LogP contribution in [0.15, 0.2) is 29.2 Å². The topological polar surface area (TPSA) is 102 Å². The highest BCUT2D eigenvalue weighted by Crippen LogP contribution is 2.18. The zero-order valence-electron chi connectivity index (χ0n) is 19.6. The van der Waals surface area contributed by atoms with Crippen molar-refractivity contribution >= 4 is 21.8 Å². The molecule has 0 spiro atoms. The van der Waals surface area contributed by atoms with Crippen LogP contribution in [0.5, 0.6) is 0 Å². The molecule has 1 aromatic carbocycles. The van der Waals surface area contributed by atoms with E-state index < -0.39 is 15.8 Å². The largest absolute Gasteiger partial charge is 0.385 e. The summed E-state index contributed by atoms with van der Waals surface area (Å²) in [5.74, 6) is -0.642. The van der Waals surface area contributed by atoms with Gasteiger partial charge in [-0.15, -0.1) is 0 Å². The van der Waals surface area contributed by atoms with Gasteiger partial charge in [0.05, 0.1) is 18.0 Å². The molecule has 2 amide bonds. The van der Waals surface area contributed by atoms with Crippen molar-refractivity contribution in [2.75, 3.05) is 85.7 Å². The lowest BCUT2D eigenvalue weighted by Gasteiger charge is -2.37. The zero-order valence-corrected chi connectivity index (χ0v) is 20.4. The van der Waals surface area contributed by atoms with Gasteiger partial charge < -0.3 is 15.0 Å². The molecule has 0 aliphatic carbocycles. The van der Waals surface area contributed by atoms with Gasteiger partial charge in [-0.3, -0.25) is 19.4 Å². The van der Waals surface area contributed by atoms with Crippen molar-refractivity contribution < 1.29 is 27.1 Å². The minimum absolute atomic E-state index is 0.00769. The molecular formula is C22H34FN5O5S. The molecular weight excluding hydrogens is 465 g/mol. The molecule has 34 heavy (non-hydrogen) atoms. The summed E-state index contributed by atoms with van der Waals surface area (Å²) >= 11 is 0. The summed E-state index contributed by atoms with van der Waals surface area (Å²) in [6.07, 6.45) is 0.781. The fourth-order valence-corrected chi connectivity index (χ4v) is 5.51. The molecule has 2 heterocycles. The van der Waals surface area contributed by atoms with E-state index in [0.29, 0.717) is 59.0 Å². The Morgan fingerprint density at radius 1 is 1.00 bits per heavy atom. The van der Waals surface area contributed by atoms with Gasteiger partial charge in [0.1, 0.15) is 5.82 Å². The predicted molar refractivity (Wildman–Crippen MR) is 124 cm³/mol. The van der Waals surface area contributed by atoms with E-state index in [-0.39, 0.29) is 36.3 Å². The lowest BCUT2D eigenvalue weighted by molar-refractivity contribution is -0.134. The number of carbonyl (C=O) groups excluding carboxylic acids is 2. The molecule has 2 fully saturated rings. The summed E-state index contributed by atoms with van der Waals surface area (Å²) in [7, 11) is -2.15. The van der Waals surface area contributed by atoms with Crippen LogP contribution in [0.2, 0.25) is 0 Å². The van der Waals surface area contributed by atoms with Gasteiger partial charge in [-0.05, 0) is 24.6 Å². The first-order valence-corrected chi connectivity index (χ1v) is 13.0. The number of halogens is 1. The highest BCUT2D eigenvalue weighted by Gasteiger charge is 2.31. The van der Waals surface area contributed by atoms with Crippen LogP contribution < -0.4 is 5.32 Å². The molecule has 0 saturated carbocycles. The molecule has 0 unspecified atom stereocenters. The van der Waals surface area contributed by atoms with Crippen molar-refractivity contribution in [1.82, 2.24) is 24.3 Å². The summed E-state index contributed by atoms with van der Waals surface area (Å²) in [6, 6.07) is 4.96. The highest BCUT2D eigenvalue weighted by molar-refractivity contribution is 7.89. The lowest BCUT2D eigenvalue weighted by atomic mass is 10.3. The molecule has 0 bridgehead atoms. The number of methoxy groups -OCH3 is 1. The van der Waals surface area contributed by atoms with Gasteiger partial charge in [-0.25, -0.2) is 12.8 Å². The van der Waals surface area contributed by atoms with E-state index in [2.05, 4.69) is 15.1 Å². The van der Waals surface area contributed by atoms with E-state index in [0.717, 1.165) is 12.5 Å². The summed E-state index contributed by atoms with van der Waals surface area (Å²) in [4.78, 5) is 30.5. The number of carbonyl (C=O) groups is 2. The molecule has 0 aromatic heterocycles. The van der Waals surface area contributed by atoms with E-state index in [1.165, 1.54) is 22.5 Å². The maximum Gasteiger partial charge on any atom is 0.243 e. The number of piperazine rings is 2. The van der Waals surface area contributed by atoms with Crippen LogP contribution in [-0.4, -0.2) is 125 Å². The second-order valence-corrected chi connectivity index (χ2v) is 10.4. The van der Waals surface area contributed by atoms with Crippen molar-refractivity contribution in [2.24, 2.45) is 0 Å². The van der Waals surface area contributed by atoms with Gasteiger partial charge in [0.15, 0.2) is 0 Å². The number of benzene rings is 1. The molecule has 2 aliphatic heterocycles. The fourth-order valence-electron chi connectivity index (χ4n) is 4.05. The van der Waals surface area contributed by atoms with Gasteiger partial charge in [-0.2, -0.15) is 4.31 Å². The van der Waals surface area contributed by atoms with Gasteiger partial charge >= 0.3 is 0 Å². The molecule has 1 N–H and O–H groups in total. The molecule has 2 saturated heterocycles. The first kappa shape index (κ1) is 26.5. The molecule has 10 nitrogen and oxygen atoms in total. The Hall–Kier alpha value is -2.12. The second kappa shape index (κ2) is 12.5. The Kier molecular flexibility index (Phi) is 9.77. The van der Waals surface area contributed by atoms with E-state index in [4.69, 9.17) is 4.74 Å². The maximum absolute atomic E-state index is 13.4. The number of hydrogen-bond donors (Lipinski definition) is 1. The monoisotopic (exact) mass is 499 g/mol. The number of nitrogens with zero attached hydrogens (tertiary/aromatic N) is 4. The van der Waals surface area contributed by atoms with Gasteiger partial charge in [0.2, 0.25) is 21.8 Å². The van der Waals surface area contributed by atoms with Crippen molar-refractivity contribution in [3.05, 3.63) is 30.1 Å². The Balaban J connectivity index is 1.38. The van der Waals surface area contributed by atoms with Crippen LogP contribution in [0.3, 0.4) is 0 Å². The lowest BCUT2D eigenvalue weighted by Crippen LogP contribution is -2.55. The fraction of sp³-hybridized carbons (Fsp3) is 0.636. The number of rotatable bonds is 10. The Morgan fingerprint density at radius 3 is 2.26 bits per heavy atom. The average molecular weight is 500 g/mol. The molecule has 2 aliphatic rings. The van der Waals surface area contributed by atoms with Crippen LogP contribution in [0, 0.1) is 5.82 Å². The Bertz CT molecular complexity index is 931. The number of ether oxygens (including phenoxy) is 1. The molecule has 12 heteroatoms. The number of hydrogen-bond acceptors (Lipinski definition) is 7. The third kappa shape index (κ3) is 7.44.